The summed E-state index contributed by atoms with van der Waals surface area (Å²) in [5.74, 6) is 0. The molecule has 0 heterocycles. The molecule has 0 amide bonds. The summed E-state index contributed by atoms with van der Waals surface area (Å²) in [4.78, 5) is 0. The summed E-state index contributed by atoms with van der Waals surface area (Å²) in [7, 11) is 0. The lowest BCUT2D eigenvalue weighted by Crippen LogP contribution is -2.16. The highest BCUT2D eigenvalue weighted by atomic mass is 14.8. The summed E-state index contributed by atoms with van der Waals surface area (Å²) >= 11 is 0. The molecule has 2 nitrogen and oxygen atoms in total. The van der Waals surface area contributed by atoms with Crippen LogP contribution in [0.3, 0.4) is 0 Å². The predicted molar refractivity (Wildman–Crippen MR) is 57.4 cm³/mol. The molecule has 0 aliphatic carbocycles. The van der Waals surface area contributed by atoms with Gasteiger partial charge in [-0.3, -0.25) is 0 Å². The maximum absolute atomic E-state index is 5.47. The number of hydrogen-bond donors (Lipinski definition) is 2. The van der Waals surface area contributed by atoms with Crippen LogP contribution in [-0.4, -0.2) is 19.1 Å². The Labute approximate surface area is 77.9 Å². The van der Waals surface area contributed by atoms with Gasteiger partial charge in [0.1, 0.15) is 0 Å². The average Bonchev–Trinajstić information content (AvgIpc) is 2.14. The average molecular weight is 174 g/mol. The first-order valence-corrected chi connectivity index (χ1v) is 5.19. The van der Waals surface area contributed by atoms with E-state index in [9.17, 15) is 0 Å². The van der Waals surface area contributed by atoms with E-state index < -0.39 is 0 Å². The summed E-state index contributed by atoms with van der Waals surface area (Å²) in [6, 6.07) is 0.435. The van der Waals surface area contributed by atoms with Gasteiger partial charge in [-0.05, 0) is 32.4 Å². The molecule has 0 rings (SSSR count). The highest BCUT2D eigenvalue weighted by Crippen LogP contribution is 1.88. The third kappa shape index (κ3) is 16.5. The van der Waals surface area contributed by atoms with Crippen molar-refractivity contribution in [3.63, 3.8) is 0 Å². The molecule has 0 aliphatic heterocycles. The van der Waals surface area contributed by atoms with Gasteiger partial charge in [0.05, 0.1) is 0 Å². The fourth-order valence-corrected chi connectivity index (χ4v) is 0.642. The van der Waals surface area contributed by atoms with Gasteiger partial charge in [-0.2, -0.15) is 0 Å². The molecule has 0 aliphatic rings. The van der Waals surface area contributed by atoms with Crippen LogP contribution in [0.4, 0.5) is 0 Å². The first kappa shape index (κ1) is 14.4. The molecule has 0 spiro atoms. The van der Waals surface area contributed by atoms with Crippen molar-refractivity contribution >= 4 is 0 Å². The number of hydrogen-bond acceptors (Lipinski definition) is 2. The Kier molecular flexibility index (Phi) is 16.3. The zero-order valence-electron chi connectivity index (χ0n) is 9.19. The van der Waals surface area contributed by atoms with Crippen molar-refractivity contribution in [3.05, 3.63) is 0 Å². The van der Waals surface area contributed by atoms with Crippen LogP contribution >= 0.6 is 0 Å². The molecule has 0 fully saturated rings. The van der Waals surface area contributed by atoms with Crippen LogP contribution in [0.25, 0.3) is 0 Å². The lowest BCUT2D eigenvalue weighted by Gasteiger charge is -1.99. The molecule has 0 atom stereocenters. The van der Waals surface area contributed by atoms with Gasteiger partial charge in [-0.25, -0.2) is 0 Å². The zero-order valence-corrected chi connectivity index (χ0v) is 9.19. The molecule has 3 N–H and O–H groups in total. The molecule has 12 heavy (non-hydrogen) atoms. The third-order valence-electron chi connectivity index (χ3n) is 1.73. The third-order valence-corrected chi connectivity index (χ3v) is 1.73. The van der Waals surface area contributed by atoms with E-state index in [0.29, 0.717) is 6.04 Å². The van der Waals surface area contributed by atoms with Crippen LogP contribution in [0, 0.1) is 0 Å². The zero-order chi connectivity index (χ0) is 9.82. The highest BCUT2D eigenvalue weighted by molar-refractivity contribution is 4.51. The maximum Gasteiger partial charge on any atom is 0.00335 e. The van der Waals surface area contributed by atoms with Gasteiger partial charge < -0.3 is 11.1 Å². The predicted octanol–water partition coefficient (Wildman–Crippen LogP) is 2.14. The second-order valence-electron chi connectivity index (χ2n) is 2.93. The van der Waals surface area contributed by atoms with E-state index in [1.807, 2.05) is 0 Å². The van der Waals surface area contributed by atoms with Gasteiger partial charge in [-0.15, -0.1) is 0 Å². The molecule has 0 aromatic rings. The summed E-state index contributed by atoms with van der Waals surface area (Å²) < 4.78 is 0. The maximum atomic E-state index is 5.47. The lowest BCUT2D eigenvalue weighted by molar-refractivity contribution is 0.629. The van der Waals surface area contributed by atoms with Crippen molar-refractivity contribution < 1.29 is 0 Å². The quantitative estimate of drug-likeness (QED) is 0.627. The van der Waals surface area contributed by atoms with E-state index in [1.54, 1.807) is 0 Å². The second kappa shape index (κ2) is 13.5. The summed E-state index contributed by atoms with van der Waals surface area (Å²) in [5.41, 5.74) is 5.47. The summed E-state index contributed by atoms with van der Waals surface area (Å²) in [6.07, 6.45) is 3.46. The van der Waals surface area contributed by atoms with Crippen LogP contribution < -0.4 is 11.1 Å². The summed E-state index contributed by atoms with van der Waals surface area (Å²) in [6.45, 7) is 10.8. The molecule has 0 radical (unpaired) electrons. The minimum atomic E-state index is 0.435. The van der Waals surface area contributed by atoms with Crippen LogP contribution in [0.15, 0.2) is 0 Å². The van der Waals surface area contributed by atoms with Gasteiger partial charge in [0.15, 0.2) is 0 Å². The molecular formula is C10H26N2. The van der Waals surface area contributed by atoms with Gasteiger partial charge in [0.25, 0.3) is 0 Å². The Hall–Kier alpha value is -0.0800. The van der Waals surface area contributed by atoms with Gasteiger partial charge in [0.2, 0.25) is 0 Å². The lowest BCUT2D eigenvalue weighted by atomic mass is 10.2. The van der Waals surface area contributed by atoms with E-state index in [2.05, 4.69) is 33.0 Å². The normalized spacial score (nSPS) is 9.50. The Morgan fingerprint density at radius 3 is 1.67 bits per heavy atom. The molecular weight excluding hydrogens is 148 g/mol. The standard InChI is InChI=1S/2C5H13N/c1-3-5-6-4-2;1-3-5(6)4-2/h6H,3-5H2,1-2H3;5H,3-4,6H2,1-2H3. The molecule has 0 saturated heterocycles. The van der Waals surface area contributed by atoms with Crippen molar-refractivity contribution in [3.8, 4) is 0 Å². The topological polar surface area (TPSA) is 38.0 Å². The minimum absolute atomic E-state index is 0.435. The Morgan fingerprint density at radius 2 is 1.58 bits per heavy atom. The van der Waals surface area contributed by atoms with Crippen LogP contribution in [0.2, 0.25) is 0 Å². The van der Waals surface area contributed by atoms with Crippen molar-refractivity contribution in [2.45, 2.75) is 53.0 Å². The minimum Gasteiger partial charge on any atom is -0.328 e. The van der Waals surface area contributed by atoms with Crippen molar-refractivity contribution in [1.29, 1.82) is 0 Å². The second-order valence-corrected chi connectivity index (χ2v) is 2.93. The van der Waals surface area contributed by atoms with E-state index in [4.69, 9.17) is 5.73 Å². The van der Waals surface area contributed by atoms with Crippen molar-refractivity contribution in [2.75, 3.05) is 13.1 Å². The van der Waals surface area contributed by atoms with E-state index in [1.165, 1.54) is 6.42 Å². The number of nitrogens with one attached hydrogen (secondary N) is 1. The van der Waals surface area contributed by atoms with Crippen LogP contribution in [0.5, 0.6) is 0 Å². The molecule has 0 aromatic heterocycles. The highest BCUT2D eigenvalue weighted by Gasteiger charge is 1.88. The van der Waals surface area contributed by atoms with E-state index in [-0.39, 0.29) is 0 Å². The van der Waals surface area contributed by atoms with Crippen molar-refractivity contribution in [2.24, 2.45) is 5.73 Å². The molecule has 0 unspecified atom stereocenters. The van der Waals surface area contributed by atoms with E-state index >= 15 is 0 Å². The van der Waals surface area contributed by atoms with Gasteiger partial charge in [0, 0.05) is 6.04 Å². The summed E-state index contributed by atoms with van der Waals surface area (Å²) in [5, 5.41) is 3.20. The molecule has 2 heteroatoms. The SMILES string of the molecule is CCC(N)CC.CCCNCC. The number of nitrogens with two attached hydrogens (primary N) is 1. The first-order chi connectivity index (χ1) is 5.72. The fourth-order valence-electron chi connectivity index (χ4n) is 0.642. The monoisotopic (exact) mass is 174 g/mol. The molecule has 0 aromatic carbocycles. The molecule has 0 bridgehead atoms. The Balaban J connectivity index is 0. The van der Waals surface area contributed by atoms with Crippen molar-refractivity contribution in [1.82, 2.24) is 5.32 Å². The van der Waals surface area contributed by atoms with Crippen LogP contribution in [-0.2, 0) is 0 Å². The molecule has 76 valence electrons. The Morgan fingerprint density at radius 1 is 1.08 bits per heavy atom. The molecule has 0 saturated carbocycles. The number of rotatable bonds is 5. The smallest absolute Gasteiger partial charge is 0.00335 e. The van der Waals surface area contributed by atoms with Gasteiger partial charge >= 0.3 is 0 Å². The van der Waals surface area contributed by atoms with E-state index in [0.717, 1.165) is 25.9 Å². The van der Waals surface area contributed by atoms with Gasteiger partial charge in [-0.1, -0.05) is 27.7 Å². The van der Waals surface area contributed by atoms with Crippen LogP contribution in [0.1, 0.15) is 47.0 Å². The fraction of sp³-hybridized carbons (Fsp3) is 1.00. The Bertz CT molecular complexity index is 56.9. The largest absolute Gasteiger partial charge is 0.328 e. The first-order valence-electron chi connectivity index (χ1n) is 5.19.